The van der Waals surface area contributed by atoms with E-state index in [1.807, 2.05) is 18.2 Å². The molecule has 5 heteroatoms. The van der Waals surface area contributed by atoms with E-state index in [0.717, 1.165) is 16.9 Å². The molecule has 2 aromatic carbocycles. The number of carbonyl (C=O) groups is 1. The number of para-hydroxylation sites is 1. The monoisotopic (exact) mass is 340 g/mol. The quantitative estimate of drug-likeness (QED) is 0.934. The van der Waals surface area contributed by atoms with Crippen molar-refractivity contribution in [3.63, 3.8) is 0 Å². The van der Waals surface area contributed by atoms with Gasteiger partial charge < -0.3 is 10.1 Å². The molecule has 0 unspecified atom stereocenters. The van der Waals surface area contributed by atoms with Gasteiger partial charge in [-0.2, -0.15) is 0 Å². The molecule has 1 amide bonds. The van der Waals surface area contributed by atoms with Crippen LogP contribution in [0, 0.1) is 17.7 Å². The molecule has 0 spiro atoms. The zero-order valence-electron chi connectivity index (χ0n) is 14.1. The van der Waals surface area contributed by atoms with Crippen molar-refractivity contribution >= 4 is 5.91 Å². The van der Waals surface area contributed by atoms with Crippen LogP contribution in [0.5, 0.6) is 5.75 Å². The lowest BCUT2D eigenvalue weighted by Crippen LogP contribution is -2.37. The van der Waals surface area contributed by atoms with Gasteiger partial charge in [0.25, 0.3) is 0 Å². The number of hydrogen-bond donors (Lipinski definition) is 1. The second-order valence-electron chi connectivity index (χ2n) is 6.85. The Labute approximate surface area is 146 Å². The third-order valence-electron chi connectivity index (χ3n) is 5.27. The van der Waals surface area contributed by atoms with Crippen LogP contribution in [0.25, 0.3) is 0 Å². The van der Waals surface area contributed by atoms with Gasteiger partial charge >= 0.3 is 0 Å². The molecular weight excluding hydrogens is 319 g/mol. The van der Waals surface area contributed by atoms with Crippen molar-refractivity contribution in [3.05, 3.63) is 65.5 Å². The van der Waals surface area contributed by atoms with Crippen molar-refractivity contribution in [2.75, 3.05) is 20.2 Å². The number of amides is 1. The summed E-state index contributed by atoms with van der Waals surface area (Å²) >= 11 is 0. The molecule has 2 heterocycles. The van der Waals surface area contributed by atoms with Gasteiger partial charge in [-0.1, -0.05) is 30.3 Å². The van der Waals surface area contributed by atoms with E-state index >= 15 is 0 Å². The van der Waals surface area contributed by atoms with Gasteiger partial charge in [0.2, 0.25) is 5.91 Å². The van der Waals surface area contributed by atoms with Crippen LogP contribution >= 0.6 is 0 Å². The van der Waals surface area contributed by atoms with E-state index in [-0.39, 0.29) is 29.6 Å². The first kappa shape index (κ1) is 16.1. The van der Waals surface area contributed by atoms with Crippen LogP contribution in [0.1, 0.15) is 17.2 Å². The smallest absolute Gasteiger partial charge is 0.225 e. The summed E-state index contributed by atoms with van der Waals surface area (Å²) in [5, 5.41) is 2.99. The molecule has 0 bridgehead atoms. The van der Waals surface area contributed by atoms with E-state index in [0.29, 0.717) is 19.7 Å². The molecule has 2 aliphatic rings. The number of ether oxygens (including phenoxy) is 1. The van der Waals surface area contributed by atoms with Crippen LogP contribution in [0.15, 0.2) is 48.5 Å². The Morgan fingerprint density at radius 1 is 1.24 bits per heavy atom. The molecule has 0 aromatic heterocycles. The zero-order valence-corrected chi connectivity index (χ0v) is 14.1. The number of likely N-dealkylation sites (tertiary alicyclic amines) is 1. The number of hydrogen-bond acceptors (Lipinski definition) is 3. The molecule has 0 aliphatic carbocycles. The molecule has 4 nitrogen and oxygen atoms in total. The highest BCUT2D eigenvalue weighted by Crippen LogP contribution is 2.46. The molecule has 1 N–H and O–H groups in total. The van der Waals surface area contributed by atoms with E-state index in [2.05, 4.69) is 23.3 Å². The van der Waals surface area contributed by atoms with Gasteiger partial charge in [-0.25, -0.2) is 4.39 Å². The summed E-state index contributed by atoms with van der Waals surface area (Å²) in [4.78, 5) is 15.0. The topological polar surface area (TPSA) is 41.6 Å². The van der Waals surface area contributed by atoms with E-state index in [4.69, 9.17) is 4.74 Å². The Hall–Kier alpha value is -2.40. The normalized spacial score (nSPS) is 25.0. The van der Waals surface area contributed by atoms with Crippen LogP contribution in [-0.4, -0.2) is 31.0 Å². The van der Waals surface area contributed by atoms with Gasteiger partial charge in [0.1, 0.15) is 11.6 Å². The van der Waals surface area contributed by atoms with Crippen molar-refractivity contribution in [3.8, 4) is 5.75 Å². The lowest BCUT2D eigenvalue weighted by molar-refractivity contribution is -0.126. The van der Waals surface area contributed by atoms with E-state index in [9.17, 15) is 9.18 Å². The minimum absolute atomic E-state index is 0.0339. The van der Waals surface area contributed by atoms with Gasteiger partial charge in [0.15, 0.2) is 0 Å². The molecule has 25 heavy (non-hydrogen) atoms. The summed E-state index contributed by atoms with van der Waals surface area (Å²) in [5.74, 6) is 0.722. The molecule has 1 saturated heterocycles. The minimum atomic E-state index is -0.270. The molecular formula is C20H21FN2O2. The lowest BCUT2D eigenvalue weighted by atomic mass is 9.85. The highest BCUT2D eigenvalue weighted by atomic mass is 19.1. The summed E-state index contributed by atoms with van der Waals surface area (Å²) in [6.45, 7) is 1.68. The Morgan fingerprint density at radius 2 is 2.00 bits per heavy atom. The predicted octanol–water partition coefficient (Wildman–Crippen LogP) is 2.75. The van der Waals surface area contributed by atoms with Crippen LogP contribution in [0.2, 0.25) is 0 Å². The summed E-state index contributed by atoms with van der Waals surface area (Å²) in [6.07, 6.45) is 0. The number of benzene rings is 2. The maximum absolute atomic E-state index is 13.0. The first-order valence-corrected chi connectivity index (χ1v) is 8.57. The van der Waals surface area contributed by atoms with E-state index < -0.39 is 0 Å². The molecule has 0 radical (unpaired) electrons. The van der Waals surface area contributed by atoms with Gasteiger partial charge in [-0.3, -0.25) is 9.69 Å². The average Bonchev–Trinajstić information content (AvgIpc) is 2.98. The van der Waals surface area contributed by atoms with Crippen molar-refractivity contribution in [1.29, 1.82) is 0 Å². The summed E-state index contributed by atoms with van der Waals surface area (Å²) < 4.78 is 18.9. The van der Waals surface area contributed by atoms with Gasteiger partial charge in [0.05, 0.1) is 12.5 Å². The molecule has 3 atom stereocenters. The van der Waals surface area contributed by atoms with Crippen molar-refractivity contribution in [1.82, 2.24) is 10.2 Å². The minimum Gasteiger partial charge on any atom is -0.493 e. The maximum atomic E-state index is 13.0. The Balaban J connectivity index is 1.47. The molecule has 4 rings (SSSR count). The molecule has 2 aliphatic heterocycles. The molecule has 130 valence electrons. The summed E-state index contributed by atoms with van der Waals surface area (Å²) in [6, 6.07) is 14.5. The van der Waals surface area contributed by atoms with Gasteiger partial charge in [-0.15, -0.1) is 0 Å². The number of nitrogens with one attached hydrogen (secondary N) is 1. The Bertz CT molecular complexity index is 778. The third-order valence-corrected chi connectivity index (χ3v) is 5.27. The first-order valence-electron chi connectivity index (χ1n) is 8.57. The molecule has 0 saturated carbocycles. The largest absolute Gasteiger partial charge is 0.493 e. The summed E-state index contributed by atoms with van der Waals surface area (Å²) in [5.41, 5.74) is 2.05. The van der Waals surface area contributed by atoms with Crippen LogP contribution < -0.4 is 10.1 Å². The van der Waals surface area contributed by atoms with E-state index in [1.54, 1.807) is 12.1 Å². The second-order valence-corrected chi connectivity index (χ2v) is 6.85. The highest BCUT2D eigenvalue weighted by Gasteiger charge is 2.47. The Morgan fingerprint density at radius 3 is 2.80 bits per heavy atom. The lowest BCUT2D eigenvalue weighted by Gasteiger charge is -2.32. The third kappa shape index (κ3) is 3.00. The van der Waals surface area contributed by atoms with Crippen LogP contribution in [0.3, 0.4) is 0 Å². The van der Waals surface area contributed by atoms with Crippen LogP contribution in [-0.2, 0) is 11.3 Å². The first-order chi connectivity index (χ1) is 12.1. The maximum Gasteiger partial charge on any atom is 0.225 e. The number of fused-ring (bicyclic) bond motifs is 3. The fourth-order valence-electron chi connectivity index (χ4n) is 4.02. The molecule has 2 aromatic rings. The number of nitrogens with zero attached hydrogens (tertiary/aromatic N) is 1. The standard InChI is InChI=1S/C20H21FN2O2/c1-23-11-16(20(24)22-10-13-6-8-14(21)9-7-13)17-12-25-18-5-3-2-4-15(18)19(17)23/h2-9,16-17,19H,10-12H2,1H3,(H,22,24)/t16-,17+,19+/m1/s1. The number of halogens is 1. The predicted molar refractivity (Wildman–Crippen MR) is 92.5 cm³/mol. The van der Waals surface area contributed by atoms with Crippen LogP contribution in [0.4, 0.5) is 4.39 Å². The van der Waals surface area contributed by atoms with Gasteiger partial charge in [0, 0.05) is 30.6 Å². The number of carbonyl (C=O) groups excluding carboxylic acids is 1. The average molecular weight is 340 g/mol. The van der Waals surface area contributed by atoms with Crippen molar-refractivity contribution in [2.24, 2.45) is 11.8 Å². The van der Waals surface area contributed by atoms with Gasteiger partial charge in [-0.05, 0) is 30.8 Å². The fraction of sp³-hybridized carbons (Fsp3) is 0.350. The Kier molecular flexibility index (Phi) is 4.17. The molecule has 1 fully saturated rings. The van der Waals surface area contributed by atoms with Crippen molar-refractivity contribution < 1.29 is 13.9 Å². The highest BCUT2D eigenvalue weighted by molar-refractivity contribution is 5.80. The van der Waals surface area contributed by atoms with E-state index in [1.165, 1.54) is 12.1 Å². The fourth-order valence-corrected chi connectivity index (χ4v) is 4.02. The summed E-state index contributed by atoms with van der Waals surface area (Å²) in [7, 11) is 2.06. The second kappa shape index (κ2) is 6.48. The zero-order chi connectivity index (χ0) is 17.4. The number of rotatable bonds is 3. The SMILES string of the molecule is CN1C[C@@H](C(=O)NCc2ccc(F)cc2)[C@@H]2COc3ccccc3[C@@H]21. The van der Waals surface area contributed by atoms with Crippen molar-refractivity contribution in [2.45, 2.75) is 12.6 Å².